The van der Waals surface area contributed by atoms with Crippen molar-refractivity contribution in [1.29, 1.82) is 0 Å². The van der Waals surface area contributed by atoms with Crippen molar-refractivity contribution < 1.29 is 28.9 Å². The number of hydrogen-bond donors (Lipinski definition) is 1. The highest BCUT2D eigenvalue weighted by atomic mass is 35.5. The SMILES string of the molecule is CCC(C(=O)O)C1CCN(C(=O)CC[C@@H]2O[C@@H](c3cccc(OC)c3OC)c3cc(Cl)ccc3-n3c(CC(C)(C)C)nnc32)CC1. The molecule has 0 aliphatic carbocycles. The Morgan fingerprint density at radius 3 is 2.46 bits per heavy atom. The van der Waals surface area contributed by atoms with E-state index >= 15 is 0 Å². The van der Waals surface area contributed by atoms with Gasteiger partial charge in [0.15, 0.2) is 17.3 Å². The van der Waals surface area contributed by atoms with E-state index in [4.69, 9.17) is 25.8 Å². The van der Waals surface area contributed by atoms with Crippen LogP contribution in [0.15, 0.2) is 36.4 Å². The maximum absolute atomic E-state index is 13.6. The molecule has 2 aliphatic heterocycles. The molecule has 0 spiro atoms. The summed E-state index contributed by atoms with van der Waals surface area (Å²) in [5.41, 5.74) is 2.39. The van der Waals surface area contributed by atoms with Crippen LogP contribution >= 0.6 is 11.6 Å². The highest BCUT2D eigenvalue weighted by Crippen LogP contribution is 2.47. The van der Waals surface area contributed by atoms with Crippen LogP contribution in [0.4, 0.5) is 0 Å². The number of aromatic nitrogens is 3. The number of fused-ring (bicyclic) bond motifs is 3. The van der Waals surface area contributed by atoms with Gasteiger partial charge in [-0.1, -0.05) is 51.4 Å². The Labute approximate surface area is 276 Å². The molecule has 1 N–H and O–H groups in total. The van der Waals surface area contributed by atoms with Crippen molar-refractivity contribution >= 4 is 23.5 Å². The van der Waals surface area contributed by atoms with Gasteiger partial charge >= 0.3 is 5.97 Å². The van der Waals surface area contributed by atoms with Gasteiger partial charge in [0.25, 0.3) is 0 Å². The van der Waals surface area contributed by atoms with Gasteiger partial charge in [-0.2, -0.15) is 0 Å². The molecule has 0 saturated carbocycles. The number of rotatable bonds is 10. The molecule has 3 aromatic rings. The lowest BCUT2D eigenvalue weighted by molar-refractivity contribution is -0.145. The molecule has 0 bridgehead atoms. The van der Waals surface area contributed by atoms with Gasteiger partial charge in [0.05, 0.1) is 25.8 Å². The number of benzene rings is 2. The highest BCUT2D eigenvalue weighted by Gasteiger charge is 2.37. The average molecular weight is 653 g/mol. The predicted octanol–water partition coefficient (Wildman–Crippen LogP) is 6.82. The fraction of sp³-hybridized carbons (Fsp3) is 0.543. The number of ether oxygens (including phenoxy) is 3. The lowest BCUT2D eigenvalue weighted by Crippen LogP contribution is -2.41. The van der Waals surface area contributed by atoms with Crippen LogP contribution < -0.4 is 9.47 Å². The van der Waals surface area contributed by atoms with Crippen LogP contribution in [-0.2, 0) is 20.7 Å². The fourth-order valence-corrected chi connectivity index (χ4v) is 7.04. The smallest absolute Gasteiger partial charge is 0.306 e. The number of carboxylic acid groups (broad SMARTS) is 1. The Morgan fingerprint density at radius 1 is 1.09 bits per heavy atom. The van der Waals surface area contributed by atoms with Crippen LogP contribution in [0.1, 0.15) is 94.8 Å². The number of piperidine rings is 1. The first-order valence-electron chi connectivity index (χ1n) is 16.1. The minimum absolute atomic E-state index is 0.0201. The zero-order valence-corrected chi connectivity index (χ0v) is 28.3. The molecular formula is C35H45ClN4O6. The number of aliphatic carboxylic acids is 1. The Morgan fingerprint density at radius 2 is 1.83 bits per heavy atom. The van der Waals surface area contributed by atoms with E-state index < -0.39 is 18.2 Å². The molecule has 1 unspecified atom stereocenters. The number of hydrogen-bond acceptors (Lipinski definition) is 7. The Kier molecular flexibility index (Phi) is 10.3. The lowest BCUT2D eigenvalue weighted by atomic mass is 9.82. The van der Waals surface area contributed by atoms with Gasteiger partial charge in [-0.05, 0) is 61.3 Å². The van der Waals surface area contributed by atoms with E-state index in [9.17, 15) is 14.7 Å². The van der Waals surface area contributed by atoms with Crippen LogP contribution in [0.5, 0.6) is 11.5 Å². The monoisotopic (exact) mass is 652 g/mol. The molecule has 1 amide bonds. The van der Waals surface area contributed by atoms with Gasteiger partial charge in [-0.15, -0.1) is 10.2 Å². The molecule has 2 aliphatic rings. The van der Waals surface area contributed by atoms with Gasteiger partial charge in [-0.25, -0.2) is 0 Å². The second-order valence-electron chi connectivity index (χ2n) is 13.4. The molecule has 0 radical (unpaired) electrons. The van der Waals surface area contributed by atoms with E-state index in [-0.39, 0.29) is 29.6 Å². The number of methoxy groups -OCH3 is 2. The minimum Gasteiger partial charge on any atom is -0.493 e. The molecule has 5 rings (SSSR count). The van der Waals surface area contributed by atoms with Crippen molar-refractivity contribution in [3.8, 4) is 17.2 Å². The van der Waals surface area contributed by atoms with E-state index in [2.05, 4.69) is 35.5 Å². The van der Waals surface area contributed by atoms with Crippen LogP contribution in [-0.4, -0.2) is 64.0 Å². The summed E-state index contributed by atoms with van der Waals surface area (Å²) in [5.74, 6) is 1.54. The number of carboxylic acids is 1. The van der Waals surface area contributed by atoms with Crippen molar-refractivity contribution in [2.24, 2.45) is 17.3 Å². The summed E-state index contributed by atoms with van der Waals surface area (Å²) in [6.45, 7) is 9.50. The molecule has 10 nitrogen and oxygen atoms in total. The topological polar surface area (TPSA) is 116 Å². The van der Waals surface area contributed by atoms with Crippen molar-refractivity contribution in [2.75, 3.05) is 27.3 Å². The van der Waals surface area contributed by atoms with Gasteiger partial charge < -0.3 is 24.2 Å². The predicted molar refractivity (Wildman–Crippen MR) is 175 cm³/mol. The Bertz CT molecular complexity index is 1560. The zero-order chi connectivity index (χ0) is 33.2. The molecule has 1 saturated heterocycles. The first-order valence-corrected chi connectivity index (χ1v) is 16.4. The van der Waals surface area contributed by atoms with Crippen LogP contribution in [0.3, 0.4) is 0 Å². The van der Waals surface area contributed by atoms with Gasteiger partial charge in [0.2, 0.25) is 5.91 Å². The Hall–Kier alpha value is -3.63. The average Bonchev–Trinajstić information content (AvgIpc) is 3.36. The van der Waals surface area contributed by atoms with Crippen LogP contribution in [0, 0.1) is 17.3 Å². The maximum atomic E-state index is 13.6. The second kappa shape index (κ2) is 14.0. The van der Waals surface area contributed by atoms with E-state index in [0.29, 0.717) is 67.5 Å². The van der Waals surface area contributed by atoms with E-state index in [1.165, 1.54) is 0 Å². The molecular weight excluding hydrogens is 608 g/mol. The van der Waals surface area contributed by atoms with Crippen molar-refractivity contribution in [3.05, 3.63) is 64.2 Å². The molecule has 248 valence electrons. The first-order chi connectivity index (χ1) is 21.9. The third kappa shape index (κ3) is 7.03. The summed E-state index contributed by atoms with van der Waals surface area (Å²) in [5, 5.41) is 19.5. The molecule has 3 heterocycles. The van der Waals surface area contributed by atoms with Gasteiger partial charge in [0.1, 0.15) is 18.0 Å². The fourth-order valence-electron chi connectivity index (χ4n) is 6.86. The zero-order valence-electron chi connectivity index (χ0n) is 27.6. The molecule has 1 fully saturated rings. The molecule has 2 aromatic carbocycles. The number of amides is 1. The number of carbonyl (C=O) groups excluding carboxylic acids is 1. The Balaban J connectivity index is 1.49. The quantitative estimate of drug-likeness (QED) is 0.254. The third-order valence-electron chi connectivity index (χ3n) is 9.10. The summed E-state index contributed by atoms with van der Waals surface area (Å²) in [6, 6.07) is 11.4. The van der Waals surface area contributed by atoms with Crippen LogP contribution in [0.25, 0.3) is 5.69 Å². The summed E-state index contributed by atoms with van der Waals surface area (Å²) in [4.78, 5) is 27.1. The third-order valence-corrected chi connectivity index (χ3v) is 9.33. The number of para-hydroxylation sites is 1. The number of carbonyl (C=O) groups is 2. The van der Waals surface area contributed by atoms with Gasteiger partial charge in [-0.3, -0.25) is 14.2 Å². The standard InChI is InChI=1S/C35H45ClN4O6/c1-7-23(34(42)43)21-15-17-39(18-16-21)30(41)14-13-28-33-38-37-29(20-35(2,3)4)40(33)26-12-11-22(36)19-25(26)31(46-28)24-9-8-10-27(44-5)32(24)45-6/h8-12,19,21,23,28,31H,7,13-18,20H2,1-6H3,(H,42,43)/t23?,28-,31-/m0/s1. The van der Waals surface area contributed by atoms with Gasteiger partial charge in [0, 0.05) is 42.1 Å². The van der Waals surface area contributed by atoms with Crippen molar-refractivity contribution in [1.82, 2.24) is 19.7 Å². The highest BCUT2D eigenvalue weighted by molar-refractivity contribution is 6.30. The van der Waals surface area contributed by atoms with E-state index in [0.717, 1.165) is 22.6 Å². The van der Waals surface area contributed by atoms with E-state index in [1.54, 1.807) is 14.2 Å². The minimum atomic E-state index is -0.753. The normalized spacial score (nSPS) is 19.2. The number of nitrogens with zero attached hydrogens (tertiary/aromatic N) is 4. The number of halogens is 1. The molecule has 3 atom stereocenters. The maximum Gasteiger partial charge on any atom is 0.306 e. The summed E-state index contributed by atoms with van der Waals surface area (Å²) in [7, 11) is 3.20. The lowest BCUT2D eigenvalue weighted by Gasteiger charge is -2.34. The first kappa shape index (κ1) is 33.7. The van der Waals surface area contributed by atoms with E-state index in [1.807, 2.05) is 48.2 Å². The summed E-state index contributed by atoms with van der Waals surface area (Å²) < 4.78 is 20.5. The second-order valence-corrected chi connectivity index (χ2v) is 13.9. The summed E-state index contributed by atoms with van der Waals surface area (Å²) >= 11 is 6.61. The molecule has 11 heteroatoms. The number of likely N-dealkylation sites (tertiary alicyclic amines) is 1. The van der Waals surface area contributed by atoms with Crippen molar-refractivity contribution in [3.63, 3.8) is 0 Å². The van der Waals surface area contributed by atoms with Crippen LogP contribution in [0.2, 0.25) is 5.02 Å². The molecule has 46 heavy (non-hydrogen) atoms. The van der Waals surface area contributed by atoms with Crippen molar-refractivity contribution in [2.45, 2.75) is 78.4 Å². The summed E-state index contributed by atoms with van der Waals surface area (Å²) in [6.07, 6.45) is 2.08. The largest absolute Gasteiger partial charge is 0.493 e. The molecule has 1 aromatic heterocycles.